The van der Waals surface area contributed by atoms with E-state index in [0.717, 1.165) is 5.56 Å². The average molecular weight is 481 g/mol. The van der Waals surface area contributed by atoms with E-state index >= 15 is 0 Å². The molecule has 0 aliphatic carbocycles. The molecule has 1 atom stereocenters. The van der Waals surface area contributed by atoms with Crippen LogP contribution in [0.5, 0.6) is 0 Å². The van der Waals surface area contributed by atoms with Gasteiger partial charge in [-0.15, -0.1) is 0 Å². The number of non-ortho nitro benzene ring substituents is 1. The van der Waals surface area contributed by atoms with Crippen molar-refractivity contribution in [3.63, 3.8) is 0 Å². The van der Waals surface area contributed by atoms with Crippen LogP contribution < -0.4 is 10.6 Å². The number of carbonyl (C=O) groups excluding carboxylic acids is 2. The zero-order valence-electron chi connectivity index (χ0n) is 18.9. The first-order valence-corrected chi connectivity index (χ1v) is 10.9. The predicted molar refractivity (Wildman–Crippen MR) is 133 cm³/mol. The van der Waals surface area contributed by atoms with Gasteiger partial charge in [0.1, 0.15) is 0 Å². The van der Waals surface area contributed by atoms with Gasteiger partial charge in [0.05, 0.1) is 23.1 Å². The number of nitrogens with zero attached hydrogens (tertiary/aromatic N) is 2. The quantitative estimate of drug-likeness (QED) is 0.201. The summed E-state index contributed by atoms with van der Waals surface area (Å²) in [5, 5.41) is 17.2. The van der Waals surface area contributed by atoms with E-state index < -0.39 is 16.9 Å². The standard InChI is InChI=1S/C24H24N4O5S/c1-4-33-23(30)21-15(2)27(3)24(34)26-22(21)17-6-5-7-18(14-17)25-20(29)13-10-16-8-11-19(12-9-16)28(31)32/h5-14,22H,4H2,1-3H3,(H,25,29)(H,26,34). The van der Waals surface area contributed by atoms with Crippen LogP contribution >= 0.6 is 12.2 Å². The zero-order valence-corrected chi connectivity index (χ0v) is 19.7. The number of nitrogens with one attached hydrogen (secondary N) is 2. The minimum absolute atomic E-state index is 0.0214. The topological polar surface area (TPSA) is 114 Å². The lowest BCUT2D eigenvalue weighted by Crippen LogP contribution is -2.46. The van der Waals surface area contributed by atoms with E-state index in [1.165, 1.54) is 18.2 Å². The van der Waals surface area contributed by atoms with Crippen molar-refractivity contribution < 1.29 is 19.2 Å². The number of rotatable bonds is 7. The second kappa shape index (κ2) is 10.7. The molecule has 0 saturated carbocycles. The first kappa shape index (κ1) is 24.6. The van der Waals surface area contributed by atoms with Crippen LogP contribution in [-0.4, -0.2) is 40.5 Å². The number of benzene rings is 2. The molecule has 0 saturated heterocycles. The fraction of sp³-hybridized carbons (Fsp3) is 0.208. The summed E-state index contributed by atoms with van der Waals surface area (Å²) in [4.78, 5) is 37.1. The molecule has 1 amide bonds. The number of thiocarbonyl (C=S) groups is 1. The molecule has 10 heteroatoms. The van der Waals surface area contributed by atoms with Crippen LogP contribution in [0.2, 0.25) is 0 Å². The molecule has 176 valence electrons. The third-order valence-electron chi connectivity index (χ3n) is 5.27. The van der Waals surface area contributed by atoms with Gasteiger partial charge >= 0.3 is 5.97 Å². The number of amides is 1. The number of carbonyl (C=O) groups is 2. The summed E-state index contributed by atoms with van der Waals surface area (Å²) in [5.74, 6) is -0.813. The highest BCUT2D eigenvalue weighted by molar-refractivity contribution is 7.80. The summed E-state index contributed by atoms with van der Waals surface area (Å²) in [6.07, 6.45) is 2.90. The Morgan fingerprint density at radius 2 is 1.97 bits per heavy atom. The van der Waals surface area contributed by atoms with Crippen LogP contribution in [0.3, 0.4) is 0 Å². The summed E-state index contributed by atoms with van der Waals surface area (Å²) in [6, 6.07) is 12.4. The minimum atomic E-state index is -0.532. The summed E-state index contributed by atoms with van der Waals surface area (Å²) in [7, 11) is 1.77. The van der Waals surface area contributed by atoms with Gasteiger partial charge < -0.3 is 20.3 Å². The molecule has 0 aromatic heterocycles. The Labute approximate surface area is 202 Å². The molecule has 0 fully saturated rings. The molecular weight excluding hydrogens is 456 g/mol. The summed E-state index contributed by atoms with van der Waals surface area (Å²) in [5.41, 5.74) is 3.02. The van der Waals surface area contributed by atoms with Gasteiger partial charge in [-0.25, -0.2) is 4.79 Å². The molecule has 1 heterocycles. The highest BCUT2D eigenvalue weighted by atomic mass is 32.1. The molecule has 3 rings (SSSR count). The van der Waals surface area contributed by atoms with E-state index in [1.807, 2.05) is 6.07 Å². The van der Waals surface area contributed by atoms with Crippen LogP contribution in [-0.2, 0) is 14.3 Å². The van der Waals surface area contributed by atoms with Crippen molar-refractivity contribution in [2.24, 2.45) is 0 Å². The molecule has 2 aromatic rings. The SMILES string of the molecule is CCOC(=O)C1=C(C)N(C)C(=S)NC1c1cccc(NC(=O)C=Cc2ccc([N+](=O)[O-])cc2)c1. The Morgan fingerprint density at radius 3 is 2.62 bits per heavy atom. The van der Waals surface area contributed by atoms with Crippen LogP contribution in [0, 0.1) is 10.1 Å². The van der Waals surface area contributed by atoms with Crippen LogP contribution in [0.25, 0.3) is 6.08 Å². The second-order valence-corrected chi connectivity index (χ2v) is 7.84. The monoisotopic (exact) mass is 480 g/mol. The molecule has 0 radical (unpaired) electrons. The fourth-order valence-electron chi connectivity index (χ4n) is 3.42. The summed E-state index contributed by atoms with van der Waals surface area (Å²) in [6.45, 7) is 3.79. The maximum absolute atomic E-state index is 12.7. The molecule has 0 bridgehead atoms. The van der Waals surface area contributed by atoms with E-state index in [9.17, 15) is 19.7 Å². The van der Waals surface area contributed by atoms with E-state index in [-0.39, 0.29) is 18.2 Å². The van der Waals surface area contributed by atoms with E-state index in [0.29, 0.717) is 27.6 Å². The molecule has 1 aliphatic rings. The zero-order chi connectivity index (χ0) is 24.8. The lowest BCUT2D eigenvalue weighted by Gasteiger charge is -2.35. The Hall–Kier alpha value is -4.05. The van der Waals surface area contributed by atoms with Crippen molar-refractivity contribution in [3.05, 3.63) is 87.1 Å². The average Bonchev–Trinajstić information content (AvgIpc) is 2.81. The number of allylic oxidation sites excluding steroid dienone is 1. The largest absolute Gasteiger partial charge is 0.463 e. The van der Waals surface area contributed by atoms with Gasteiger partial charge in [0, 0.05) is 36.6 Å². The lowest BCUT2D eigenvalue weighted by molar-refractivity contribution is -0.384. The molecule has 1 aliphatic heterocycles. The van der Waals surface area contributed by atoms with E-state index in [1.54, 1.807) is 62.2 Å². The molecule has 9 nitrogen and oxygen atoms in total. The van der Waals surface area contributed by atoms with E-state index in [4.69, 9.17) is 17.0 Å². The number of nitro benzene ring substituents is 1. The van der Waals surface area contributed by atoms with Crippen LogP contribution in [0.1, 0.15) is 31.0 Å². The number of hydrogen-bond donors (Lipinski definition) is 2. The van der Waals surface area contributed by atoms with Gasteiger partial charge in [-0.1, -0.05) is 12.1 Å². The van der Waals surface area contributed by atoms with Crippen molar-refractivity contribution in [2.45, 2.75) is 19.9 Å². The maximum Gasteiger partial charge on any atom is 0.338 e. The number of nitro groups is 1. The number of hydrogen-bond acceptors (Lipinski definition) is 6. The van der Waals surface area contributed by atoms with Crippen molar-refractivity contribution in [2.75, 3.05) is 19.0 Å². The fourth-order valence-corrected chi connectivity index (χ4v) is 3.67. The highest BCUT2D eigenvalue weighted by Crippen LogP contribution is 2.31. The van der Waals surface area contributed by atoms with Gasteiger partial charge in [0.25, 0.3) is 5.69 Å². The Morgan fingerprint density at radius 1 is 1.26 bits per heavy atom. The smallest absolute Gasteiger partial charge is 0.338 e. The Balaban J connectivity index is 1.79. The first-order chi connectivity index (χ1) is 16.2. The van der Waals surface area contributed by atoms with Gasteiger partial charge in [0.15, 0.2) is 5.11 Å². The molecule has 1 unspecified atom stereocenters. The van der Waals surface area contributed by atoms with Crippen molar-refractivity contribution in [3.8, 4) is 0 Å². The Bertz CT molecular complexity index is 1190. The predicted octanol–water partition coefficient (Wildman–Crippen LogP) is 3.94. The van der Waals surface area contributed by atoms with Crippen molar-refractivity contribution in [1.29, 1.82) is 0 Å². The lowest BCUT2D eigenvalue weighted by atomic mass is 9.95. The van der Waals surface area contributed by atoms with Gasteiger partial charge in [-0.3, -0.25) is 14.9 Å². The molecule has 2 N–H and O–H groups in total. The third kappa shape index (κ3) is 5.65. The number of esters is 1. The molecule has 0 spiro atoms. The van der Waals surface area contributed by atoms with Crippen molar-refractivity contribution >= 4 is 46.7 Å². The molecular formula is C24H24N4O5S. The van der Waals surface area contributed by atoms with Gasteiger partial charge in [0.2, 0.25) is 5.91 Å². The number of ether oxygens (including phenoxy) is 1. The summed E-state index contributed by atoms with van der Waals surface area (Å²) < 4.78 is 5.25. The maximum atomic E-state index is 12.7. The van der Waals surface area contributed by atoms with Crippen LogP contribution in [0.4, 0.5) is 11.4 Å². The molecule has 2 aromatic carbocycles. The van der Waals surface area contributed by atoms with E-state index in [2.05, 4.69) is 10.6 Å². The van der Waals surface area contributed by atoms with Crippen LogP contribution in [0.15, 0.2) is 65.9 Å². The second-order valence-electron chi connectivity index (χ2n) is 7.46. The number of anilines is 1. The Kier molecular flexibility index (Phi) is 7.75. The normalized spacial score (nSPS) is 15.8. The first-order valence-electron chi connectivity index (χ1n) is 10.5. The summed E-state index contributed by atoms with van der Waals surface area (Å²) >= 11 is 5.40. The minimum Gasteiger partial charge on any atom is -0.463 e. The third-order valence-corrected chi connectivity index (χ3v) is 5.66. The van der Waals surface area contributed by atoms with Gasteiger partial charge in [-0.2, -0.15) is 0 Å². The highest BCUT2D eigenvalue weighted by Gasteiger charge is 2.33. The van der Waals surface area contributed by atoms with Gasteiger partial charge in [-0.05, 0) is 67.5 Å². The molecule has 34 heavy (non-hydrogen) atoms. The van der Waals surface area contributed by atoms with Crippen molar-refractivity contribution in [1.82, 2.24) is 10.2 Å².